The molecule has 0 nitrogen and oxygen atoms in total. The van der Waals surface area contributed by atoms with Gasteiger partial charge in [0.1, 0.15) is 5.82 Å². The summed E-state index contributed by atoms with van der Waals surface area (Å²) < 4.78 is 13.3. The van der Waals surface area contributed by atoms with Crippen LogP contribution in [0.3, 0.4) is 0 Å². The third-order valence-electron chi connectivity index (χ3n) is 1.67. The van der Waals surface area contributed by atoms with Crippen molar-refractivity contribution in [1.29, 1.82) is 0 Å². The van der Waals surface area contributed by atoms with Crippen LogP contribution in [0, 0.1) is 5.82 Å². The highest BCUT2D eigenvalue weighted by molar-refractivity contribution is 9.10. The lowest BCUT2D eigenvalue weighted by atomic mass is 10.1. The molecule has 1 aromatic rings. The summed E-state index contributed by atoms with van der Waals surface area (Å²) in [5.74, 6) is -0.242. The molecule has 0 amide bonds. The molecule has 3 heteroatoms. The molecule has 0 aliphatic carbocycles. The van der Waals surface area contributed by atoms with Crippen molar-refractivity contribution in [3.8, 4) is 0 Å². The summed E-state index contributed by atoms with van der Waals surface area (Å²) in [5.41, 5.74) is 1.05. The van der Waals surface area contributed by atoms with Crippen molar-refractivity contribution >= 4 is 27.5 Å². The van der Waals surface area contributed by atoms with Gasteiger partial charge in [0, 0.05) is 5.03 Å². The van der Waals surface area contributed by atoms with Gasteiger partial charge in [0.2, 0.25) is 0 Å². The second kappa shape index (κ2) is 4.77. The average Bonchev–Trinajstić information content (AvgIpc) is 2.07. The Balaban J connectivity index is 2.68. The summed E-state index contributed by atoms with van der Waals surface area (Å²) in [7, 11) is 0. The van der Waals surface area contributed by atoms with E-state index in [1.807, 2.05) is 0 Å². The Morgan fingerprint density at radius 1 is 1.54 bits per heavy atom. The lowest BCUT2D eigenvalue weighted by Gasteiger charge is -2.01. The van der Waals surface area contributed by atoms with Crippen molar-refractivity contribution in [2.45, 2.75) is 12.8 Å². The number of rotatable bonds is 3. The van der Waals surface area contributed by atoms with E-state index in [1.54, 1.807) is 12.1 Å². The molecule has 0 unspecified atom stereocenters. The van der Waals surface area contributed by atoms with E-state index in [0.717, 1.165) is 18.4 Å². The molecular formula is C10H9BrClF. The first-order valence-corrected chi connectivity index (χ1v) is 5.04. The predicted molar refractivity (Wildman–Crippen MR) is 57.4 cm³/mol. The molecule has 0 aliphatic rings. The normalized spacial score (nSPS) is 10.1. The van der Waals surface area contributed by atoms with Gasteiger partial charge >= 0.3 is 0 Å². The van der Waals surface area contributed by atoms with Crippen LogP contribution in [0.2, 0.25) is 0 Å². The van der Waals surface area contributed by atoms with E-state index < -0.39 is 0 Å². The van der Waals surface area contributed by atoms with E-state index >= 15 is 0 Å². The van der Waals surface area contributed by atoms with E-state index in [0.29, 0.717) is 9.51 Å². The molecule has 0 bridgehead atoms. The molecule has 0 saturated carbocycles. The summed E-state index contributed by atoms with van der Waals surface area (Å²) in [6.07, 6.45) is 1.51. The van der Waals surface area contributed by atoms with Crippen LogP contribution in [-0.4, -0.2) is 0 Å². The van der Waals surface area contributed by atoms with E-state index in [9.17, 15) is 4.39 Å². The molecule has 1 rings (SSSR count). The fourth-order valence-corrected chi connectivity index (χ4v) is 1.50. The molecule has 0 aliphatic heterocycles. The van der Waals surface area contributed by atoms with Gasteiger partial charge in [-0.15, -0.1) is 0 Å². The largest absolute Gasteiger partial charge is 0.206 e. The Labute approximate surface area is 90.5 Å². The Bertz CT molecular complexity index is 323. The maximum Gasteiger partial charge on any atom is 0.137 e. The van der Waals surface area contributed by atoms with Crippen LogP contribution in [0.5, 0.6) is 0 Å². The van der Waals surface area contributed by atoms with Gasteiger partial charge in [0.05, 0.1) is 4.47 Å². The highest BCUT2D eigenvalue weighted by Gasteiger charge is 2.00. The van der Waals surface area contributed by atoms with Gasteiger partial charge < -0.3 is 0 Å². The van der Waals surface area contributed by atoms with Gasteiger partial charge in [-0.1, -0.05) is 24.2 Å². The van der Waals surface area contributed by atoms with Gasteiger partial charge in [0.25, 0.3) is 0 Å². The Morgan fingerprint density at radius 2 is 2.23 bits per heavy atom. The molecule has 70 valence electrons. The second-order valence-corrected chi connectivity index (χ2v) is 4.15. The van der Waals surface area contributed by atoms with Crippen molar-refractivity contribution in [1.82, 2.24) is 0 Å². The number of halogens is 3. The van der Waals surface area contributed by atoms with Gasteiger partial charge in [-0.3, -0.25) is 0 Å². The topological polar surface area (TPSA) is 0 Å². The number of aryl methyl sites for hydroxylation is 1. The first kappa shape index (κ1) is 10.7. The smallest absolute Gasteiger partial charge is 0.137 e. The molecule has 0 spiro atoms. The first-order chi connectivity index (χ1) is 6.09. The minimum atomic E-state index is -0.242. The highest BCUT2D eigenvalue weighted by atomic mass is 79.9. The molecule has 0 aromatic heterocycles. The maximum atomic E-state index is 12.8. The zero-order valence-electron chi connectivity index (χ0n) is 6.99. The highest BCUT2D eigenvalue weighted by Crippen LogP contribution is 2.19. The van der Waals surface area contributed by atoms with E-state index in [1.165, 1.54) is 6.07 Å². The monoisotopic (exact) mass is 262 g/mol. The Kier molecular flexibility index (Phi) is 3.94. The third kappa shape index (κ3) is 3.49. The maximum absolute atomic E-state index is 12.8. The zero-order valence-corrected chi connectivity index (χ0v) is 9.33. The molecule has 13 heavy (non-hydrogen) atoms. The number of allylic oxidation sites excluding steroid dienone is 1. The van der Waals surface area contributed by atoms with Crippen LogP contribution in [0.25, 0.3) is 0 Å². The molecule has 0 heterocycles. The van der Waals surface area contributed by atoms with Gasteiger partial charge in [-0.2, -0.15) is 0 Å². The summed E-state index contributed by atoms with van der Waals surface area (Å²) in [5, 5.41) is 0.625. The fraction of sp³-hybridized carbons (Fsp3) is 0.200. The molecule has 0 atom stereocenters. The fourth-order valence-electron chi connectivity index (χ4n) is 0.975. The first-order valence-electron chi connectivity index (χ1n) is 3.87. The lowest BCUT2D eigenvalue weighted by Crippen LogP contribution is -1.86. The quantitative estimate of drug-likeness (QED) is 0.764. The van der Waals surface area contributed by atoms with Crippen molar-refractivity contribution in [2.75, 3.05) is 0 Å². The standard InChI is InChI=1S/C10H9BrClF/c1-7(12)2-3-8-4-5-10(13)9(11)6-8/h4-6H,1-3H2. The van der Waals surface area contributed by atoms with Gasteiger partial charge in [0.15, 0.2) is 0 Å². The zero-order chi connectivity index (χ0) is 9.84. The van der Waals surface area contributed by atoms with Crippen molar-refractivity contribution in [2.24, 2.45) is 0 Å². The summed E-state index contributed by atoms with van der Waals surface area (Å²) in [6.45, 7) is 3.59. The Morgan fingerprint density at radius 3 is 2.77 bits per heavy atom. The van der Waals surface area contributed by atoms with E-state index in [2.05, 4.69) is 22.5 Å². The van der Waals surface area contributed by atoms with Crippen LogP contribution in [0.15, 0.2) is 34.3 Å². The molecule has 0 fully saturated rings. The van der Waals surface area contributed by atoms with E-state index in [4.69, 9.17) is 11.6 Å². The van der Waals surface area contributed by atoms with Crippen LogP contribution in [0.1, 0.15) is 12.0 Å². The van der Waals surface area contributed by atoms with E-state index in [-0.39, 0.29) is 5.82 Å². The van der Waals surface area contributed by atoms with Crippen LogP contribution in [0.4, 0.5) is 4.39 Å². The molecule has 0 saturated heterocycles. The minimum Gasteiger partial charge on any atom is -0.206 e. The second-order valence-electron chi connectivity index (χ2n) is 2.77. The predicted octanol–water partition coefficient (Wildman–Crippen LogP) is 4.27. The molecular weight excluding hydrogens is 254 g/mol. The van der Waals surface area contributed by atoms with Gasteiger partial charge in [-0.25, -0.2) is 4.39 Å². The minimum absolute atomic E-state index is 0.242. The van der Waals surface area contributed by atoms with Crippen LogP contribution < -0.4 is 0 Å². The van der Waals surface area contributed by atoms with Crippen molar-refractivity contribution < 1.29 is 4.39 Å². The third-order valence-corrected chi connectivity index (χ3v) is 2.47. The summed E-state index contributed by atoms with van der Waals surface area (Å²) in [4.78, 5) is 0. The summed E-state index contributed by atoms with van der Waals surface area (Å²) >= 11 is 8.74. The number of hydrogen-bond acceptors (Lipinski definition) is 0. The van der Waals surface area contributed by atoms with Crippen molar-refractivity contribution in [3.05, 3.63) is 45.7 Å². The van der Waals surface area contributed by atoms with Crippen LogP contribution >= 0.6 is 27.5 Å². The average molecular weight is 264 g/mol. The van der Waals surface area contributed by atoms with Gasteiger partial charge in [-0.05, 0) is 46.5 Å². The van der Waals surface area contributed by atoms with Crippen LogP contribution in [-0.2, 0) is 6.42 Å². The summed E-state index contributed by atoms with van der Waals surface area (Å²) in [6, 6.07) is 4.95. The number of benzene rings is 1. The van der Waals surface area contributed by atoms with Crippen molar-refractivity contribution in [3.63, 3.8) is 0 Å². The molecule has 0 radical (unpaired) electrons. The molecule has 0 N–H and O–H groups in total. The Hall–Kier alpha value is -0.340. The number of hydrogen-bond donors (Lipinski definition) is 0. The molecule has 1 aromatic carbocycles. The SMILES string of the molecule is C=C(Cl)CCc1ccc(F)c(Br)c1. The lowest BCUT2D eigenvalue weighted by molar-refractivity contribution is 0.620.